The summed E-state index contributed by atoms with van der Waals surface area (Å²) < 4.78 is 32.3. The normalized spacial score (nSPS) is 13.3. The molecule has 1 atom stereocenters. The molecule has 0 aliphatic rings. The van der Waals surface area contributed by atoms with Gasteiger partial charge < -0.3 is 10.3 Å². The van der Waals surface area contributed by atoms with E-state index in [1.54, 1.807) is 6.92 Å². The second-order valence-electron chi connectivity index (χ2n) is 5.16. The van der Waals surface area contributed by atoms with Gasteiger partial charge in [-0.25, -0.2) is 18.1 Å². The lowest BCUT2D eigenvalue weighted by Gasteiger charge is -2.13. The van der Waals surface area contributed by atoms with E-state index in [9.17, 15) is 8.42 Å². The highest BCUT2D eigenvalue weighted by atomic mass is 32.2. The van der Waals surface area contributed by atoms with Crippen molar-refractivity contribution in [3.05, 3.63) is 53.9 Å². The van der Waals surface area contributed by atoms with Gasteiger partial charge in [0.05, 0.1) is 17.3 Å². The van der Waals surface area contributed by atoms with Crippen LogP contribution in [0.3, 0.4) is 0 Å². The standard InChI is InChI=1S/C15H16N4O3S/c1-10-13-7-12(8-17-15(13)22-19-10)23(20,21)18-9-14(16)11-5-3-2-4-6-11/h2-8,14,18H,9,16H2,1H3. The third kappa shape index (κ3) is 3.24. The summed E-state index contributed by atoms with van der Waals surface area (Å²) in [4.78, 5) is 4.03. The molecule has 0 bridgehead atoms. The molecule has 0 aliphatic heterocycles. The zero-order valence-electron chi connectivity index (χ0n) is 12.4. The predicted molar refractivity (Wildman–Crippen MR) is 85.1 cm³/mol. The molecule has 3 N–H and O–H groups in total. The SMILES string of the molecule is Cc1noc2ncc(S(=O)(=O)NCC(N)c3ccccc3)cc12. The first kappa shape index (κ1) is 15.6. The maximum Gasteiger partial charge on any atom is 0.257 e. The van der Waals surface area contributed by atoms with E-state index in [2.05, 4.69) is 14.9 Å². The number of rotatable bonds is 5. The van der Waals surface area contributed by atoms with Gasteiger partial charge >= 0.3 is 0 Å². The van der Waals surface area contributed by atoms with Gasteiger partial charge in [-0.05, 0) is 18.6 Å². The number of aryl methyl sites for hydroxylation is 1. The minimum absolute atomic E-state index is 0.0524. The van der Waals surface area contributed by atoms with Crippen LogP contribution >= 0.6 is 0 Å². The summed E-state index contributed by atoms with van der Waals surface area (Å²) in [5.74, 6) is 0. The van der Waals surface area contributed by atoms with Crippen LogP contribution in [0.2, 0.25) is 0 Å². The monoisotopic (exact) mass is 332 g/mol. The first-order chi connectivity index (χ1) is 11.0. The fourth-order valence-electron chi connectivity index (χ4n) is 2.17. The van der Waals surface area contributed by atoms with Crippen molar-refractivity contribution in [3.8, 4) is 0 Å². The molecule has 0 saturated carbocycles. The van der Waals surface area contributed by atoms with Crippen LogP contribution in [0.25, 0.3) is 11.1 Å². The van der Waals surface area contributed by atoms with Crippen molar-refractivity contribution in [2.45, 2.75) is 17.9 Å². The molecule has 0 amide bonds. The fraction of sp³-hybridized carbons (Fsp3) is 0.200. The Balaban J connectivity index is 1.79. The highest BCUT2D eigenvalue weighted by Gasteiger charge is 2.18. The van der Waals surface area contributed by atoms with E-state index in [-0.39, 0.29) is 11.4 Å². The molecule has 8 heteroatoms. The summed E-state index contributed by atoms with van der Waals surface area (Å²) in [5.41, 5.74) is 7.77. The van der Waals surface area contributed by atoms with Gasteiger partial charge in [0.1, 0.15) is 4.90 Å². The van der Waals surface area contributed by atoms with E-state index in [4.69, 9.17) is 10.3 Å². The Bertz CT molecular complexity index is 922. The van der Waals surface area contributed by atoms with Crippen LogP contribution < -0.4 is 10.5 Å². The Hall–Kier alpha value is -2.29. The molecule has 0 saturated heterocycles. The Morgan fingerprint density at radius 2 is 2.04 bits per heavy atom. The van der Waals surface area contributed by atoms with Crippen molar-refractivity contribution < 1.29 is 12.9 Å². The largest absolute Gasteiger partial charge is 0.336 e. The molecule has 1 aromatic carbocycles. The minimum Gasteiger partial charge on any atom is -0.336 e. The number of pyridine rings is 1. The summed E-state index contributed by atoms with van der Waals surface area (Å²) in [6, 6.07) is 10.4. The van der Waals surface area contributed by atoms with E-state index < -0.39 is 16.1 Å². The van der Waals surface area contributed by atoms with Gasteiger partial charge in [-0.2, -0.15) is 0 Å². The highest BCUT2D eigenvalue weighted by Crippen LogP contribution is 2.19. The van der Waals surface area contributed by atoms with E-state index >= 15 is 0 Å². The first-order valence-corrected chi connectivity index (χ1v) is 8.48. The van der Waals surface area contributed by atoms with Crippen LogP contribution in [-0.4, -0.2) is 25.1 Å². The number of hydrogen-bond donors (Lipinski definition) is 2. The van der Waals surface area contributed by atoms with Crippen molar-refractivity contribution >= 4 is 21.1 Å². The number of fused-ring (bicyclic) bond motifs is 1. The molecule has 0 fully saturated rings. The molecule has 0 aliphatic carbocycles. The second-order valence-corrected chi connectivity index (χ2v) is 6.93. The molecule has 120 valence electrons. The van der Waals surface area contributed by atoms with Crippen molar-refractivity contribution in [1.29, 1.82) is 0 Å². The van der Waals surface area contributed by atoms with Crippen LogP contribution in [0.5, 0.6) is 0 Å². The number of benzene rings is 1. The topological polar surface area (TPSA) is 111 Å². The van der Waals surface area contributed by atoms with Gasteiger partial charge in [-0.1, -0.05) is 35.5 Å². The lowest BCUT2D eigenvalue weighted by atomic mass is 10.1. The molecule has 7 nitrogen and oxygen atoms in total. The number of nitrogens with two attached hydrogens (primary N) is 1. The van der Waals surface area contributed by atoms with E-state index in [1.165, 1.54) is 12.3 Å². The van der Waals surface area contributed by atoms with Crippen molar-refractivity contribution in [3.63, 3.8) is 0 Å². The van der Waals surface area contributed by atoms with E-state index in [0.717, 1.165) is 5.56 Å². The molecule has 23 heavy (non-hydrogen) atoms. The maximum absolute atomic E-state index is 12.4. The molecule has 0 spiro atoms. The zero-order valence-corrected chi connectivity index (χ0v) is 13.2. The smallest absolute Gasteiger partial charge is 0.257 e. The Kier molecular flexibility index (Phi) is 4.12. The van der Waals surface area contributed by atoms with Crippen molar-refractivity contribution in [2.75, 3.05) is 6.54 Å². The molecular weight excluding hydrogens is 316 g/mol. The first-order valence-electron chi connectivity index (χ1n) is 6.99. The molecule has 2 aromatic heterocycles. The Morgan fingerprint density at radius 1 is 1.30 bits per heavy atom. The summed E-state index contributed by atoms with van der Waals surface area (Å²) >= 11 is 0. The molecule has 3 aromatic rings. The summed E-state index contributed by atoms with van der Waals surface area (Å²) in [6.07, 6.45) is 1.24. The third-order valence-corrected chi connectivity index (χ3v) is 4.91. The second kappa shape index (κ2) is 6.07. The van der Waals surface area contributed by atoms with Gasteiger partial charge in [-0.3, -0.25) is 0 Å². The number of sulfonamides is 1. The third-order valence-electron chi connectivity index (χ3n) is 3.52. The Labute approximate surface area is 133 Å². The van der Waals surface area contributed by atoms with Gasteiger partial charge in [0.15, 0.2) is 0 Å². The lowest BCUT2D eigenvalue weighted by Crippen LogP contribution is -2.32. The average molecular weight is 332 g/mol. The van der Waals surface area contributed by atoms with E-state index in [0.29, 0.717) is 16.8 Å². The van der Waals surface area contributed by atoms with Gasteiger partial charge in [0.25, 0.3) is 5.71 Å². The van der Waals surface area contributed by atoms with E-state index in [1.807, 2.05) is 30.3 Å². The van der Waals surface area contributed by atoms with Crippen molar-refractivity contribution in [2.24, 2.45) is 5.73 Å². The molecular formula is C15H16N4O3S. The summed E-state index contributed by atoms with van der Waals surface area (Å²) in [6.45, 7) is 1.82. The number of hydrogen-bond acceptors (Lipinski definition) is 6. The lowest BCUT2D eigenvalue weighted by molar-refractivity contribution is 0.442. The zero-order chi connectivity index (χ0) is 16.4. The van der Waals surface area contributed by atoms with Crippen LogP contribution in [0.4, 0.5) is 0 Å². The molecule has 0 radical (unpaired) electrons. The van der Waals surface area contributed by atoms with Crippen LogP contribution in [0.15, 0.2) is 52.0 Å². The highest BCUT2D eigenvalue weighted by molar-refractivity contribution is 7.89. The molecule has 2 heterocycles. The fourth-order valence-corrected chi connectivity index (χ4v) is 3.20. The van der Waals surface area contributed by atoms with Crippen LogP contribution in [0.1, 0.15) is 17.3 Å². The number of nitrogens with one attached hydrogen (secondary N) is 1. The van der Waals surface area contributed by atoms with Crippen LogP contribution in [0, 0.1) is 6.92 Å². The number of nitrogens with zero attached hydrogens (tertiary/aromatic N) is 2. The average Bonchev–Trinajstić information content (AvgIpc) is 2.94. The predicted octanol–water partition coefficient (Wildman–Crippen LogP) is 1.51. The summed E-state index contributed by atoms with van der Waals surface area (Å²) in [5, 5.41) is 4.33. The van der Waals surface area contributed by atoms with Gasteiger partial charge in [0.2, 0.25) is 10.0 Å². The Morgan fingerprint density at radius 3 is 2.78 bits per heavy atom. The summed E-state index contributed by atoms with van der Waals surface area (Å²) in [7, 11) is -3.71. The molecule has 1 unspecified atom stereocenters. The van der Waals surface area contributed by atoms with Gasteiger partial charge in [-0.15, -0.1) is 0 Å². The maximum atomic E-state index is 12.4. The minimum atomic E-state index is -3.71. The van der Waals surface area contributed by atoms with Gasteiger partial charge in [0, 0.05) is 12.6 Å². The quantitative estimate of drug-likeness (QED) is 0.732. The number of aromatic nitrogens is 2. The molecule has 3 rings (SSSR count). The van der Waals surface area contributed by atoms with Crippen molar-refractivity contribution in [1.82, 2.24) is 14.9 Å². The van der Waals surface area contributed by atoms with Crippen LogP contribution in [-0.2, 0) is 10.0 Å².